The molecule has 0 unspecified atom stereocenters. The second kappa shape index (κ2) is 10.3. The topological polar surface area (TPSA) is 126 Å². The molecule has 0 aromatic rings. The van der Waals surface area contributed by atoms with Crippen LogP contribution in [0.3, 0.4) is 0 Å². The van der Waals surface area contributed by atoms with E-state index in [1.807, 2.05) is 0 Å². The van der Waals surface area contributed by atoms with Crippen LogP contribution in [0.15, 0.2) is 0 Å². The van der Waals surface area contributed by atoms with Crippen LogP contribution in [0.1, 0.15) is 0 Å². The third-order valence-electron chi connectivity index (χ3n) is 0. The number of rotatable bonds is 0. The van der Waals surface area contributed by atoms with Gasteiger partial charge in [0.05, 0.1) is 0 Å². The SMILES string of the molecule is O=C([O-])[O-].O=C([O-])[O-].[Pt+4]. The van der Waals surface area contributed by atoms with E-state index in [9.17, 15) is 0 Å². The Labute approximate surface area is 64.0 Å². The maximum absolute atomic E-state index is 8.33. The van der Waals surface area contributed by atoms with E-state index < -0.39 is 12.3 Å². The van der Waals surface area contributed by atoms with Gasteiger partial charge in [-0.3, -0.25) is 0 Å². The van der Waals surface area contributed by atoms with Crippen molar-refractivity contribution in [2.75, 3.05) is 0 Å². The molecule has 0 saturated carbocycles. The summed E-state index contributed by atoms with van der Waals surface area (Å²) in [4.78, 5) is 16.7. The van der Waals surface area contributed by atoms with Gasteiger partial charge in [0.25, 0.3) is 0 Å². The molecule has 0 saturated heterocycles. The minimum Gasteiger partial charge on any atom is -0.652 e. The standard InChI is InChI=1S/2CH2O3.Pt/c2*2-1(3)4;/h2*(H2,2,3,4);/q;;+4/p-4. The predicted octanol–water partition coefficient (Wildman–Crippen LogP) is -4.90. The van der Waals surface area contributed by atoms with E-state index >= 15 is 0 Å². The summed E-state index contributed by atoms with van der Waals surface area (Å²) < 4.78 is 0. The fraction of sp³-hybridized carbons (Fsp3) is 0. The Morgan fingerprint density at radius 2 is 0.778 bits per heavy atom. The third-order valence-corrected chi connectivity index (χ3v) is 0. The van der Waals surface area contributed by atoms with Crippen LogP contribution in [-0.4, -0.2) is 12.3 Å². The first-order valence-electron chi connectivity index (χ1n) is 1.22. The molecule has 0 rings (SSSR count). The molecule has 0 aliphatic carbocycles. The molecule has 0 amide bonds. The Hall–Kier alpha value is -0.772. The van der Waals surface area contributed by atoms with E-state index in [1.54, 1.807) is 0 Å². The van der Waals surface area contributed by atoms with Gasteiger partial charge >= 0.3 is 21.1 Å². The van der Waals surface area contributed by atoms with Gasteiger partial charge in [-0.25, -0.2) is 0 Å². The summed E-state index contributed by atoms with van der Waals surface area (Å²) in [6.07, 6.45) is -4.67. The minimum atomic E-state index is -2.33. The van der Waals surface area contributed by atoms with Gasteiger partial charge in [0, 0.05) is 0 Å². The van der Waals surface area contributed by atoms with Crippen molar-refractivity contribution >= 4 is 12.3 Å². The predicted molar refractivity (Wildman–Crippen MR) is 10.8 cm³/mol. The first kappa shape index (κ1) is 15.7. The van der Waals surface area contributed by atoms with E-state index in [-0.39, 0.29) is 21.1 Å². The van der Waals surface area contributed by atoms with Gasteiger partial charge in [-0.15, -0.1) is 0 Å². The summed E-state index contributed by atoms with van der Waals surface area (Å²) in [7, 11) is 0. The van der Waals surface area contributed by atoms with Crippen LogP contribution in [0.25, 0.3) is 0 Å². The Kier molecular flexibility index (Phi) is 17.9. The number of hydrogen-bond donors (Lipinski definition) is 0. The van der Waals surface area contributed by atoms with Crippen LogP contribution in [0, 0.1) is 0 Å². The van der Waals surface area contributed by atoms with Gasteiger partial charge in [0.1, 0.15) is 0 Å². The van der Waals surface area contributed by atoms with Crippen LogP contribution in [-0.2, 0) is 21.1 Å². The fourth-order valence-corrected chi connectivity index (χ4v) is 0. The molecular formula is C2O6Pt. The number of hydrogen-bond acceptors (Lipinski definition) is 6. The van der Waals surface area contributed by atoms with E-state index in [0.717, 1.165) is 0 Å². The summed E-state index contributed by atoms with van der Waals surface area (Å²) >= 11 is 0. The molecule has 0 aromatic carbocycles. The van der Waals surface area contributed by atoms with Crippen LogP contribution in [0.4, 0.5) is 9.59 Å². The van der Waals surface area contributed by atoms with Crippen LogP contribution in [0.5, 0.6) is 0 Å². The zero-order chi connectivity index (χ0) is 7.15. The molecule has 54 valence electrons. The largest absolute Gasteiger partial charge is 4.00 e. The van der Waals surface area contributed by atoms with Crippen molar-refractivity contribution in [3.8, 4) is 0 Å². The van der Waals surface area contributed by atoms with Crippen molar-refractivity contribution < 1.29 is 51.1 Å². The second-order valence-corrected chi connectivity index (χ2v) is 0.500. The molecule has 0 aromatic heterocycles. The monoisotopic (exact) mass is 315 g/mol. The minimum absolute atomic E-state index is 0. The summed E-state index contributed by atoms with van der Waals surface area (Å²) in [5.41, 5.74) is 0. The zero-order valence-corrected chi connectivity index (χ0v) is 6.04. The Bertz CT molecular complexity index is 69.1. The fourth-order valence-electron chi connectivity index (χ4n) is 0. The average molecular weight is 315 g/mol. The molecule has 7 heteroatoms. The van der Waals surface area contributed by atoms with E-state index in [0.29, 0.717) is 0 Å². The van der Waals surface area contributed by atoms with Gasteiger partial charge in [-0.1, -0.05) is 0 Å². The van der Waals surface area contributed by atoms with Crippen LogP contribution < -0.4 is 20.4 Å². The van der Waals surface area contributed by atoms with E-state index in [4.69, 9.17) is 30.0 Å². The average Bonchev–Trinajstić information content (AvgIpc) is 1.25. The molecule has 0 aliphatic rings. The quantitative estimate of drug-likeness (QED) is 0.441. The molecular weight excluding hydrogens is 315 g/mol. The Morgan fingerprint density at radius 1 is 0.778 bits per heavy atom. The van der Waals surface area contributed by atoms with Crippen molar-refractivity contribution in [1.29, 1.82) is 0 Å². The van der Waals surface area contributed by atoms with Gasteiger partial charge in [0.2, 0.25) is 0 Å². The first-order valence-corrected chi connectivity index (χ1v) is 1.22. The van der Waals surface area contributed by atoms with E-state index in [2.05, 4.69) is 0 Å². The molecule has 0 fully saturated rings. The number of carbonyl (C=O) groups is 2. The molecule has 0 bridgehead atoms. The van der Waals surface area contributed by atoms with Crippen molar-refractivity contribution in [2.24, 2.45) is 0 Å². The first-order chi connectivity index (χ1) is 3.46. The summed E-state index contributed by atoms with van der Waals surface area (Å²) in [5, 5.41) is 33.3. The molecule has 9 heavy (non-hydrogen) atoms. The molecule has 6 nitrogen and oxygen atoms in total. The van der Waals surface area contributed by atoms with Gasteiger partial charge in [0.15, 0.2) is 0 Å². The number of carbonyl (C=O) groups excluding carboxylic acids is 2. The Balaban J connectivity index is -0.0000000720. The van der Waals surface area contributed by atoms with E-state index in [1.165, 1.54) is 0 Å². The van der Waals surface area contributed by atoms with Gasteiger partial charge < -0.3 is 30.0 Å². The second-order valence-electron chi connectivity index (χ2n) is 0.500. The molecule has 0 radical (unpaired) electrons. The van der Waals surface area contributed by atoms with Crippen LogP contribution in [0.2, 0.25) is 0 Å². The van der Waals surface area contributed by atoms with Crippen molar-refractivity contribution in [3.63, 3.8) is 0 Å². The normalized spacial score (nSPS) is 5.33. The molecule has 0 atom stereocenters. The molecule has 0 aliphatic heterocycles. The van der Waals surface area contributed by atoms with Crippen molar-refractivity contribution in [3.05, 3.63) is 0 Å². The van der Waals surface area contributed by atoms with Gasteiger partial charge in [-0.05, 0) is 12.3 Å². The summed E-state index contributed by atoms with van der Waals surface area (Å²) in [5.74, 6) is 0. The summed E-state index contributed by atoms with van der Waals surface area (Å²) in [6.45, 7) is 0. The molecule has 0 spiro atoms. The maximum atomic E-state index is 8.33. The Morgan fingerprint density at radius 3 is 0.778 bits per heavy atom. The van der Waals surface area contributed by atoms with Crippen LogP contribution >= 0.6 is 0 Å². The van der Waals surface area contributed by atoms with Crippen molar-refractivity contribution in [2.45, 2.75) is 0 Å². The number of carboxylic acid groups (broad SMARTS) is 4. The molecule has 0 heterocycles. The molecule has 0 N–H and O–H groups in total. The maximum Gasteiger partial charge on any atom is 4.00 e. The smallest absolute Gasteiger partial charge is 0.652 e. The van der Waals surface area contributed by atoms with Gasteiger partial charge in [-0.2, -0.15) is 0 Å². The zero-order valence-electron chi connectivity index (χ0n) is 3.77. The van der Waals surface area contributed by atoms with Crippen molar-refractivity contribution in [1.82, 2.24) is 0 Å². The summed E-state index contributed by atoms with van der Waals surface area (Å²) in [6, 6.07) is 0. The third kappa shape index (κ3) is 332.